The van der Waals surface area contributed by atoms with Crippen LogP contribution < -0.4 is 5.32 Å². The average molecular weight is 415 g/mol. The number of amides is 2. The van der Waals surface area contributed by atoms with Crippen molar-refractivity contribution in [1.29, 1.82) is 0 Å². The van der Waals surface area contributed by atoms with Crippen LogP contribution in [0, 0.1) is 13.8 Å². The van der Waals surface area contributed by atoms with Gasteiger partial charge in [-0.05, 0) is 49.9 Å². The van der Waals surface area contributed by atoms with Gasteiger partial charge in [-0.3, -0.25) is 9.59 Å². The number of carbonyl (C=O) groups excluding carboxylic acids is 2. The first-order valence-corrected chi connectivity index (χ1v) is 11.2. The van der Waals surface area contributed by atoms with E-state index in [0.29, 0.717) is 0 Å². The molecule has 0 saturated heterocycles. The van der Waals surface area contributed by atoms with Crippen molar-refractivity contribution in [2.75, 3.05) is 6.54 Å². The molecule has 0 bridgehead atoms. The minimum atomic E-state index is -3.82. The predicted molar refractivity (Wildman–Crippen MR) is 111 cm³/mol. The number of nitrogens with one attached hydrogen (secondary N) is 1. The SMILES string of the molecule is CCC(NC(=O)CCCN1C(=O)c2ccccc2S1(=O)=O)c1ccc(C)cc1C. The van der Waals surface area contributed by atoms with E-state index < -0.39 is 15.9 Å². The van der Waals surface area contributed by atoms with Crippen LogP contribution in [-0.4, -0.2) is 31.1 Å². The summed E-state index contributed by atoms with van der Waals surface area (Å²) in [6, 6.07) is 12.2. The molecule has 2 aromatic carbocycles. The van der Waals surface area contributed by atoms with Gasteiger partial charge in [-0.2, -0.15) is 0 Å². The third-order valence-electron chi connectivity index (χ3n) is 5.22. The molecule has 0 aliphatic carbocycles. The zero-order valence-corrected chi connectivity index (χ0v) is 17.8. The van der Waals surface area contributed by atoms with Crippen LogP contribution in [0.5, 0.6) is 0 Å². The molecule has 0 saturated carbocycles. The third kappa shape index (κ3) is 4.19. The van der Waals surface area contributed by atoms with Crippen molar-refractivity contribution in [3.8, 4) is 0 Å². The van der Waals surface area contributed by atoms with Crippen LogP contribution in [0.4, 0.5) is 0 Å². The Labute approximate surface area is 172 Å². The summed E-state index contributed by atoms with van der Waals surface area (Å²) >= 11 is 0. The van der Waals surface area contributed by atoms with E-state index >= 15 is 0 Å². The van der Waals surface area contributed by atoms with Crippen LogP contribution in [0.1, 0.15) is 59.3 Å². The Morgan fingerprint density at radius 3 is 2.52 bits per heavy atom. The van der Waals surface area contributed by atoms with E-state index in [2.05, 4.69) is 11.4 Å². The van der Waals surface area contributed by atoms with Crippen molar-refractivity contribution in [3.63, 3.8) is 0 Å². The lowest BCUT2D eigenvalue weighted by molar-refractivity contribution is -0.122. The lowest BCUT2D eigenvalue weighted by atomic mass is 9.97. The van der Waals surface area contributed by atoms with E-state index in [9.17, 15) is 18.0 Å². The summed E-state index contributed by atoms with van der Waals surface area (Å²) in [4.78, 5) is 24.9. The molecule has 1 aliphatic heterocycles. The van der Waals surface area contributed by atoms with E-state index in [1.54, 1.807) is 12.1 Å². The molecule has 1 N–H and O–H groups in total. The fraction of sp³-hybridized carbons (Fsp3) is 0.364. The van der Waals surface area contributed by atoms with E-state index in [1.165, 1.54) is 17.7 Å². The molecule has 0 radical (unpaired) electrons. The third-order valence-corrected chi connectivity index (χ3v) is 7.06. The van der Waals surface area contributed by atoms with Gasteiger partial charge < -0.3 is 5.32 Å². The van der Waals surface area contributed by atoms with Gasteiger partial charge in [-0.15, -0.1) is 0 Å². The Balaban J connectivity index is 1.59. The molecule has 2 aromatic rings. The van der Waals surface area contributed by atoms with Crippen LogP contribution in [0.3, 0.4) is 0 Å². The van der Waals surface area contributed by atoms with Gasteiger partial charge in [-0.1, -0.05) is 42.8 Å². The predicted octanol–water partition coefficient (Wildman–Crippen LogP) is 3.50. The molecule has 1 aliphatic rings. The normalized spacial score (nSPS) is 15.8. The second kappa shape index (κ2) is 8.37. The van der Waals surface area contributed by atoms with Crippen molar-refractivity contribution in [2.45, 2.75) is 51.0 Å². The van der Waals surface area contributed by atoms with Crippen LogP contribution >= 0.6 is 0 Å². The Hall–Kier alpha value is -2.67. The van der Waals surface area contributed by atoms with E-state index in [0.717, 1.165) is 21.9 Å². The summed E-state index contributed by atoms with van der Waals surface area (Å²) in [6.07, 6.45) is 1.18. The first-order chi connectivity index (χ1) is 13.8. The highest BCUT2D eigenvalue weighted by molar-refractivity contribution is 7.90. The summed E-state index contributed by atoms with van der Waals surface area (Å²) in [5.41, 5.74) is 3.57. The van der Waals surface area contributed by atoms with Crippen LogP contribution in [0.2, 0.25) is 0 Å². The highest BCUT2D eigenvalue weighted by Gasteiger charge is 2.40. The van der Waals surface area contributed by atoms with Crippen molar-refractivity contribution in [2.24, 2.45) is 0 Å². The molecule has 7 heteroatoms. The maximum absolute atomic E-state index is 12.5. The van der Waals surface area contributed by atoms with Crippen molar-refractivity contribution in [3.05, 3.63) is 64.7 Å². The maximum atomic E-state index is 12.5. The van der Waals surface area contributed by atoms with Gasteiger partial charge in [0.25, 0.3) is 15.9 Å². The largest absolute Gasteiger partial charge is 0.349 e. The van der Waals surface area contributed by atoms with Gasteiger partial charge in [0.2, 0.25) is 5.91 Å². The molecule has 1 unspecified atom stereocenters. The number of sulfonamides is 1. The number of carbonyl (C=O) groups is 2. The first-order valence-electron chi connectivity index (χ1n) is 9.78. The minimum absolute atomic E-state index is 0.0103. The van der Waals surface area contributed by atoms with Gasteiger partial charge in [-0.25, -0.2) is 12.7 Å². The smallest absolute Gasteiger partial charge is 0.269 e. The fourth-order valence-corrected chi connectivity index (χ4v) is 5.33. The summed E-state index contributed by atoms with van der Waals surface area (Å²) in [6.45, 7) is 6.06. The van der Waals surface area contributed by atoms with Crippen molar-refractivity contribution in [1.82, 2.24) is 9.62 Å². The zero-order chi connectivity index (χ0) is 21.2. The molecule has 2 amide bonds. The monoisotopic (exact) mass is 414 g/mol. The van der Waals surface area contributed by atoms with E-state index in [-0.39, 0.29) is 41.8 Å². The maximum Gasteiger partial charge on any atom is 0.269 e. The molecule has 0 fully saturated rings. The summed E-state index contributed by atoms with van der Waals surface area (Å²) in [5, 5.41) is 3.03. The summed E-state index contributed by atoms with van der Waals surface area (Å²) in [5.74, 6) is -0.680. The molecule has 0 aromatic heterocycles. The van der Waals surface area contributed by atoms with Gasteiger partial charge in [0.05, 0.1) is 11.6 Å². The van der Waals surface area contributed by atoms with Crippen molar-refractivity contribution >= 4 is 21.8 Å². The lowest BCUT2D eigenvalue weighted by Gasteiger charge is -2.20. The van der Waals surface area contributed by atoms with Crippen LogP contribution in [-0.2, 0) is 14.8 Å². The number of nitrogens with zero attached hydrogens (tertiary/aromatic N) is 1. The molecular formula is C22H26N2O4S. The van der Waals surface area contributed by atoms with Gasteiger partial charge in [0.15, 0.2) is 0 Å². The Morgan fingerprint density at radius 2 is 1.86 bits per heavy atom. The number of rotatable bonds is 7. The molecule has 29 heavy (non-hydrogen) atoms. The van der Waals surface area contributed by atoms with Gasteiger partial charge in [0.1, 0.15) is 4.90 Å². The lowest BCUT2D eigenvalue weighted by Crippen LogP contribution is -2.33. The molecule has 6 nitrogen and oxygen atoms in total. The summed E-state index contributed by atoms with van der Waals surface area (Å²) in [7, 11) is -3.82. The van der Waals surface area contributed by atoms with Crippen LogP contribution in [0.25, 0.3) is 0 Å². The van der Waals surface area contributed by atoms with Gasteiger partial charge in [0, 0.05) is 13.0 Å². The number of hydrogen-bond acceptors (Lipinski definition) is 4. The Kier molecular flexibility index (Phi) is 6.07. The highest BCUT2D eigenvalue weighted by atomic mass is 32.2. The number of benzene rings is 2. The Bertz CT molecular complexity index is 1050. The van der Waals surface area contributed by atoms with E-state index in [4.69, 9.17) is 0 Å². The topological polar surface area (TPSA) is 83.6 Å². The molecule has 1 atom stereocenters. The highest BCUT2D eigenvalue weighted by Crippen LogP contribution is 2.30. The zero-order valence-electron chi connectivity index (χ0n) is 16.9. The second-order valence-electron chi connectivity index (χ2n) is 7.37. The number of fused-ring (bicyclic) bond motifs is 1. The average Bonchev–Trinajstić information content (AvgIpc) is 2.87. The second-order valence-corrected chi connectivity index (χ2v) is 9.20. The first kappa shape index (κ1) is 21.0. The molecule has 154 valence electrons. The molecule has 1 heterocycles. The van der Waals surface area contributed by atoms with Crippen LogP contribution in [0.15, 0.2) is 47.4 Å². The fourth-order valence-electron chi connectivity index (χ4n) is 3.72. The van der Waals surface area contributed by atoms with Gasteiger partial charge >= 0.3 is 0 Å². The van der Waals surface area contributed by atoms with E-state index in [1.807, 2.05) is 32.9 Å². The van der Waals surface area contributed by atoms with Crippen molar-refractivity contribution < 1.29 is 18.0 Å². The molecule has 3 rings (SSSR count). The standard InChI is InChI=1S/C22H26N2O4S/c1-4-19(17-12-11-15(2)14-16(17)3)23-21(25)10-7-13-24-22(26)18-8-5-6-9-20(18)29(24,27)28/h5-6,8-9,11-12,14,19H,4,7,10,13H2,1-3H3,(H,23,25). The molecule has 0 spiro atoms. The Morgan fingerprint density at radius 1 is 1.14 bits per heavy atom. The summed E-state index contributed by atoms with van der Waals surface area (Å²) < 4.78 is 26.0. The molecular weight excluding hydrogens is 388 g/mol. The number of aryl methyl sites for hydroxylation is 2. The number of hydrogen-bond donors (Lipinski definition) is 1. The quantitative estimate of drug-likeness (QED) is 0.752. The minimum Gasteiger partial charge on any atom is -0.349 e.